The molecule has 0 atom stereocenters. The number of amides is 1. The van der Waals surface area contributed by atoms with Crippen LogP contribution < -0.4 is 5.32 Å². The van der Waals surface area contributed by atoms with E-state index in [1.165, 1.54) is 30.3 Å². The minimum Gasteiger partial charge on any atom is -0.320 e. The minimum atomic E-state index is -0.564. The smallest absolute Gasteiger partial charge is 0.292 e. The van der Waals surface area contributed by atoms with Gasteiger partial charge in [-0.3, -0.25) is 29.6 Å². The zero-order valence-corrected chi connectivity index (χ0v) is 18.2. The maximum atomic E-state index is 12.5. The molecule has 1 amide bonds. The molecule has 0 aliphatic heterocycles. The summed E-state index contributed by atoms with van der Waals surface area (Å²) in [4.78, 5) is 33.6. The highest BCUT2D eigenvalue weighted by Crippen LogP contribution is 2.29. The maximum Gasteiger partial charge on any atom is 0.292 e. The summed E-state index contributed by atoms with van der Waals surface area (Å²) in [5, 5.41) is 33.6. The van der Waals surface area contributed by atoms with E-state index in [1.54, 1.807) is 22.8 Å². The molecule has 12 heteroatoms. The number of nitrogens with zero attached hydrogens (tertiary/aromatic N) is 5. The Morgan fingerprint density at radius 3 is 2.24 bits per heavy atom. The first-order valence-corrected chi connectivity index (χ1v) is 10.8. The molecule has 1 aromatic heterocycles. The molecule has 0 unspecified atom stereocenters. The monoisotopic (exact) mass is 476 g/mol. The van der Waals surface area contributed by atoms with E-state index in [4.69, 9.17) is 0 Å². The average Bonchev–Trinajstić information content (AvgIpc) is 3.27. The van der Waals surface area contributed by atoms with Crippen LogP contribution in [0, 0.1) is 20.2 Å². The Labute approximate surface area is 196 Å². The van der Waals surface area contributed by atoms with E-state index >= 15 is 0 Å². The van der Waals surface area contributed by atoms with Gasteiger partial charge < -0.3 is 5.32 Å². The van der Waals surface area contributed by atoms with Crippen molar-refractivity contribution in [3.8, 4) is 17.1 Å². The Morgan fingerprint density at radius 2 is 1.56 bits per heavy atom. The summed E-state index contributed by atoms with van der Waals surface area (Å²) in [6.07, 6.45) is 0. The second-order valence-corrected chi connectivity index (χ2v) is 7.83. The lowest BCUT2D eigenvalue weighted by Crippen LogP contribution is -2.15. The molecule has 0 bridgehead atoms. The first kappa shape index (κ1) is 22.6. The van der Waals surface area contributed by atoms with Crippen LogP contribution in [0.25, 0.3) is 17.1 Å². The molecular formula is C22H16N6O5S. The molecule has 0 saturated carbocycles. The minimum absolute atomic E-state index is 0.0456. The topological polar surface area (TPSA) is 146 Å². The zero-order valence-electron chi connectivity index (χ0n) is 17.4. The number of hydrogen-bond acceptors (Lipinski definition) is 8. The molecule has 34 heavy (non-hydrogen) atoms. The van der Waals surface area contributed by atoms with E-state index < -0.39 is 15.8 Å². The van der Waals surface area contributed by atoms with Gasteiger partial charge in [-0.05, 0) is 30.3 Å². The summed E-state index contributed by atoms with van der Waals surface area (Å²) >= 11 is 1.11. The number of thioether (sulfide) groups is 1. The predicted molar refractivity (Wildman–Crippen MR) is 126 cm³/mol. The summed E-state index contributed by atoms with van der Waals surface area (Å²) in [5.74, 6) is -0.0708. The second kappa shape index (κ2) is 9.92. The van der Waals surface area contributed by atoms with E-state index in [-0.39, 0.29) is 22.8 Å². The number of rotatable bonds is 8. The summed E-state index contributed by atoms with van der Waals surface area (Å²) in [5.41, 5.74) is 1.21. The first-order chi connectivity index (χ1) is 16.4. The van der Waals surface area contributed by atoms with Crippen molar-refractivity contribution in [2.45, 2.75) is 5.16 Å². The number of carbonyl (C=O) groups is 1. The molecule has 0 aliphatic carbocycles. The molecule has 3 aromatic carbocycles. The number of carbonyl (C=O) groups excluding carboxylic acids is 1. The average molecular weight is 476 g/mol. The Hall–Kier alpha value is -4.58. The molecular weight excluding hydrogens is 460 g/mol. The number of benzene rings is 3. The fourth-order valence-electron chi connectivity index (χ4n) is 3.15. The second-order valence-electron chi connectivity index (χ2n) is 6.89. The molecule has 1 N–H and O–H groups in total. The van der Waals surface area contributed by atoms with Gasteiger partial charge in [0.05, 0.1) is 15.6 Å². The molecule has 0 fully saturated rings. The lowest BCUT2D eigenvalue weighted by atomic mass is 10.2. The van der Waals surface area contributed by atoms with Gasteiger partial charge in [-0.2, -0.15) is 0 Å². The number of non-ortho nitro benzene ring substituents is 1. The van der Waals surface area contributed by atoms with Crippen LogP contribution in [0.3, 0.4) is 0 Å². The summed E-state index contributed by atoms with van der Waals surface area (Å²) in [7, 11) is 0. The third-order valence-electron chi connectivity index (χ3n) is 4.69. The number of nitrogens with one attached hydrogen (secondary N) is 1. The highest BCUT2D eigenvalue weighted by Gasteiger charge is 2.19. The van der Waals surface area contributed by atoms with Gasteiger partial charge in [-0.15, -0.1) is 10.2 Å². The summed E-state index contributed by atoms with van der Waals surface area (Å²) in [6, 6.07) is 21.0. The van der Waals surface area contributed by atoms with Gasteiger partial charge in [0.1, 0.15) is 5.69 Å². The largest absolute Gasteiger partial charge is 0.320 e. The van der Waals surface area contributed by atoms with Crippen LogP contribution in [0.15, 0.2) is 84.0 Å². The van der Waals surface area contributed by atoms with Gasteiger partial charge in [-0.25, -0.2) is 0 Å². The maximum absolute atomic E-state index is 12.5. The van der Waals surface area contributed by atoms with Crippen molar-refractivity contribution in [3.63, 3.8) is 0 Å². The lowest BCUT2D eigenvalue weighted by molar-refractivity contribution is -0.384. The van der Waals surface area contributed by atoms with E-state index in [1.807, 2.05) is 30.3 Å². The Kier molecular flexibility index (Phi) is 6.59. The molecule has 4 rings (SSSR count). The van der Waals surface area contributed by atoms with E-state index in [0.29, 0.717) is 16.5 Å². The van der Waals surface area contributed by atoms with Gasteiger partial charge in [0, 0.05) is 29.4 Å². The summed E-state index contributed by atoms with van der Waals surface area (Å²) < 4.78 is 1.74. The first-order valence-electron chi connectivity index (χ1n) is 9.86. The molecule has 0 radical (unpaired) electrons. The van der Waals surface area contributed by atoms with Crippen molar-refractivity contribution in [1.29, 1.82) is 0 Å². The molecule has 0 aliphatic rings. The van der Waals surface area contributed by atoms with Crippen LogP contribution in [0.2, 0.25) is 0 Å². The van der Waals surface area contributed by atoms with E-state index in [2.05, 4.69) is 15.5 Å². The third kappa shape index (κ3) is 4.91. The standard InChI is InChI=1S/C22H16N6O5S/c29-20(23-18-8-4-5-9-19(18)28(32)33)14-34-22-25-24-21(26(22)16-6-2-1-3-7-16)15-10-12-17(13-11-15)27(30)31/h1-13H,14H2,(H,23,29). The van der Waals surface area contributed by atoms with E-state index in [9.17, 15) is 25.0 Å². The van der Waals surface area contributed by atoms with Crippen LogP contribution in [0.1, 0.15) is 0 Å². The zero-order chi connectivity index (χ0) is 24.1. The van der Waals surface area contributed by atoms with Crippen molar-refractivity contribution in [2.24, 2.45) is 0 Å². The van der Waals surface area contributed by atoms with Crippen molar-refractivity contribution in [1.82, 2.24) is 14.8 Å². The molecule has 0 saturated heterocycles. The van der Waals surface area contributed by atoms with Crippen LogP contribution in [0.5, 0.6) is 0 Å². The van der Waals surface area contributed by atoms with Gasteiger partial charge >= 0.3 is 0 Å². The van der Waals surface area contributed by atoms with Crippen molar-refractivity contribution in [2.75, 3.05) is 11.1 Å². The van der Waals surface area contributed by atoms with Crippen LogP contribution >= 0.6 is 11.8 Å². The van der Waals surface area contributed by atoms with Crippen molar-refractivity contribution < 1.29 is 14.6 Å². The van der Waals surface area contributed by atoms with Gasteiger partial charge in [0.15, 0.2) is 11.0 Å². The van der Waals surface area contributed by atoms with Crippen molar-refractivity contribution >= 4 is 34.7 Å². The molecule has 4 aromatic rings. The Morgan fingerprint density at radius 1 is 0.882 bits per heavy atom. The highest BCUT2D eigenvalue weighted by molar-refractivity contribution is 7.99. The molecule has 11 nitrogen and oxygen atoms in total. The highest BCUT2D eigenvalue weighted by atomic mass is 32.2. The number of nitro groups is 2. The molecule has 170 valence electrons. The fraction of sp³-hybridized carbons (Fsp3) is 0.0455. The quantitative estimate of drug-likeness (QED) is 0.222. The number of anilines is 1. The third-order valence-corrected chi connectivity index (χ3v) is 5.62. The SMILES string of the molecule is O=C(CSc1nnc(-c2ccc([N+](=O)[O-])cc2)n1-c1ccccc1)Nc1ccccc1[N+](=O)[O-]. The lowest BCUT2D eigenvalue weighted by Gasteiger charge is -2.10. The number of aromatic nitrogens is 3. The number of hydrogen-bond donors (Lipinski definition) is 1. The van der Waals surface area contributed by atoms with E-state index in [0.717, 1.165) is 17.4 Å². The predicted octanol–water partition coefficient (Wildman–Crippen LogP) is 4.48. The van der Waals surface area contributed by atoms with Crippen LogP contribution in [0.4, 0.5) is 17.1 Å². The fourth-order valence-corrected chi connectivity index (χ4v) is 3.90. The van der Waals surface area contributed by atoms with Crippen molar-refractivity contribution in [3.05, 3.63) is 99.1 Å². The Balaban J connectivity index is 1.59. The van der Waals surface area contributed by atoms with Gasteiger partial charge in [0.25, 0.3) is 11.4 Å². The van der Waals surface area contributed by atoms with Gasteiger partial charge in [-0.1, -0.05) is 42.1 Å². The normalized spacial score (nSPS) is 10.6. The van der Waals surface area contributed by atoms with Gasteiger partial charge in [0.2, 0.25) is 5.91 Å². The van der Waals surface area contributed by atoms with Crippen LogP contribution in [-0.2, 0) is 4.79 Å². The summed E-state index contributed by atoms with van der Waals surface area (Å²) in [6.45, 7) is 0. The van der Waals surface area contributed by atoms with Crippen LogP contribution in [-0.4, -0.2) is 36.3 Å². The number of nitro benzene ring substituents is 2. The number of para-hydroxylation sites is 3. The molecule has 0 spiro atoms. The Bertz CT molecular complexity index is 1360. The molecule has 1 heterocycles.